The van der Waals surface area contributed by atoms with Crippen molar-refractivity contribution in [1.82, 2.24) is 4.90 Å². The van der Waals surface area contributed by atoms with Crippen molar-refractivity contribution in [2.24, 2.45) is 5.92 Å². The van der Waals surface area contributed by atoms with E-state index in [9.17, 15) is 5.11 Å². The highest BCUT2D eigenvalue weighted by atomic mass is 16.3. The van der Waals surface area contributed by atoms with Gasteiger partial charge in [0.15, 0.2) is 0 Å². The summed E-state index contributed by atoms with van der Waals surface area (Å²) >= 11 is 0. The lowest BCUT2D eigenvalue weighted by Crippen LogP contribution is -2.44. The van der Waals surface area contributed by atoms with E-state index < -0.39 is 5.60 Å². The summed E-state index contributed by atoms with van der Waals surface area (Å²) in [6.07, 6.45) is 1.89. The third-order valence-corrected chi connectivity index (χ3v) is 6.89. The Labute approximate surface area is 199 Å². The summed E-state index contributed by atoms with van der Waals surface area (Å²) in [5.41, 5.74) is 3.56. The Balaban J connectivity index is 1.41. The Morgan fingerprint density at radius 3 is 1.76 bits per heavy atom. The van der Waals surface area contributed by atoms with E-state index in [-0.39, 0.29) is 11.3 Å². The molecule has 2 heteroatoms. The van der Waals surface area contributed by atoms with Crippen LogP contribution in [0.15, 0.2) is 84.9 Å². The molecule has 0 unspecified atom stereocenters. The molecule has 1 N–H and O–H groups in total. The minimum atomic E-state index is -0.963. The van der Waals surface area contributed by atoms with Crippen molar-refractivity contribution in [3.63, 3.8) is 0 Å². The fourth-order valence-corrected chi connectivity index (χ4v) is 4.84. The Morgan fingerprint density at radius 2 is 1.27 bits per heavy atom. The summed E-state index contributed by atoms with van der Waals surface area (Å²) in [4.78, 5) is 2.41. The second-order valence-electron chi connectivity index (χ2n) is 10.2. The molecule has 0 aliphatic carbocycles. The highest BCUT2D eigenvalue weighted by molar-refractivity contribution is 5.39. The van der Waals surface area contributed by atoms with E-state index in [1.807, 2.05) is 36.4 Å². The molecule has 0 aromatic heterocycles. The van der Waals surface area contributed by atoms with Gasteiger partial charge in [-0.2, -0.15) is 0 Å². The second-order valence-corrected chi connectivity index (χ2v) is 10.2. The Kier molecular flexibility index (Phi) is 7.03. The number of benzene rings is 3. The van der Waals surface area contributed by atoms with Crippen LogP contribution in [0.25, 0.3) is 0 Å². The minimum Gasteiger partial charge on any atom is -0.380 e. The number of nitrogens with zero attached hydrogens (tertiary/aromatic N) is 1. The zero-order valence-electron chi connectivity index (χ0n) is 20.1. The van der Waals surface area contributed by atoms with Crippen LogP contribution in [0.1, 0.15) is 55.9 Å². The first kappa shape index (κ1) is 23.3. The molecule has 3 aromatic carbocycles. The molecule has 0 atom stereocenters. The van der Waals surface area contributed by atoms with E-state index in [2.05, 4.69) is 86.0 Å². The first-order valence-corrected chi connectivity index (χ1v) is 12.0. The lowest BCUT2D eigenvalue weighted by atomic mass is 9.72. The molecule has 0 bridgehead atoms. The van der Waals surface area contributed by atoms with Gasteiger partial charge in [-0.05, 0) is 66.1 Å². The molecule has 0 spiro atoms. The Hall–Kier alpha value is -2.86. The van der Waals surface area contributed by atoms with Crippen LogP contribution in [0.4, 0.5) is 0 Å². The molecule has 2 nitrogen and oxygen atoms in total. The molecule has 1 aliphatic rings. The number of hydrogen-bond acceptors (Lipinski definition) is 2. The molecule has 1 heterocycles. The fraction of sp³-hybridized carbons (Fsp3) is 0.355. The van der Waals surface area contributed by atoms with E-state index in [1.54, 1.807) is 0 Å². The Morgan fingerprint density at radius 1 is 0.758 bits per heavy atom. The molecular weight excluding hydrogens is 402 g/mol. The third-order valence-electron chi connectivity index (χ3n) is 6.89. The minimum absolute atomic E-state index is 0.164. The SMILES string of the molecule is CC(C)(C)c1ccc(C#CCN2CCC(C(O)(c3ccccc3)c3ccccc3)CC2)cc1. The van der Waals surface area contributed by atoms with Crippen molar-refractivity contribution >= 4 is 0 Å². The second kappa shape index (κ2) is 9.96. The zero-order valence-corrected chi connectivity index (χ0v) is 20.1. The summed E-state index contributed by atoms with van der Waals surface area (Å²) in [6.45, 7) is 9.35. The van der Waals surface area contributed by atoms with Crippen LogP contribution < -0.4 is 0 Å². The van der Waals surface area contributed by atoms with Gasteiger partial charge >= 0.3 is 0 Å². The van der Waals surface area contributed by atoms with Gasteiger partial charge in [-0.1, -0.05) is 105 Å². The number of aliphatic hydroxyl groups is 1. The van der Waals surface area contributed by atoms with Gasteiger partial charge in [-0.25, -0.2) is 0 Å². The van der Waals surface area contributed by atoms with Gasteiger partial charge in [-0.15, -0.1) is 0 Å². The third kappa shape index (κ3) is 5.38. The summed E-state index contributed by atoms with van der Waals surface area (Å²) in [5, 5.41) is 12.0. The summed E-state index contributed by atoms with van der Waals surface area (Å²) < 4.78 is 0. The van der Waals surface area contributed by atoms with Crippen molar-refractivity contribution in [1.29, 1.82) is 0 Å². The maximum atomic E-state index is 12.0. The topological polar surface area (TPSA) is 23.5 Å². The maximum Gasteiger partial charge on any atom is 0.117 e. The molecule has 1 saturated heterocycles. The zero-order chi connectivity index (χ0) is 23.3. The quantitative estimate of drug-likeness (QED) is 0.507. The van der Waals surface area contributed by atoms with E-state index in [0.717, 1.165) is 49.2 Å². The fourth-order valence-electron chi connectivity index (χ4n) is 4.84. The predicted molar refractivity (Wildman–Crippen MR) is 137 cm³/mol. The lowest BCUT2D eigenvalue weighted by Gasteiger charge is -2.42. The standard InChI is InChI=1S/C31H35NO/c1-30(2,3)26-18-16-25(17-19-26)11-10-22-32-23-20-29(21-24-32)31(33,27-12-6-4-7-13-27)28-14-8-5-9-15-28/h4-9,12-19,29,33H,20-24H2,1-3H3. The van der Waals surface area contributed by atoms with E-state index in [0.29, 0.717) is 0 Å². The van der Waals surface area contributed by atoms with Gasteiger partial charge in [-0.3, -0.25) is 4.90 Å². The normalized spacial score (nSPS) is 15.6. The van der Waals surface area contributed by atoms with Crippen LogP contribution >= 0.6 is 0 Å². The lowest BCUT2D eigenvalue weighted by molar-refractivity contribution is -0.0124. The maximum absolute atomic E-state index is 12.0. The predicted octanol–water partition coefficient (Wildman–Crippen LogP) is 5.98. The molecule has 1 aliphatic heterocycles. The highest BCUT2D eigenvalue weighted by Crippen LogP contribution is 2.41. The molecule has 33 heavy (non-hydrogen) atoms. The monoisotopic (exact) mass is 437 g/mol. The van der Waals surface area contributed by atoms with Crippen LogP contribution in [0.3, 0.4) is 0 Å². The molecule has 170 valence electrons. The number of piperidine rings is 1. The number of likely N-dealkylation sites (tertiary alicyclic amines) is 1. The van der Waals surface area contributed by atoms with Gasteiger partial charge < -0.3 is 5.11 Å². The van der Waals surface area contributed by atoms with Crippen molar-refractivity contribution in [3.05, 3.63) is 107 Å². The van der Waals surface area contributed by atoms with Gasteiger partial charge in [0.25, 0.3) is 0 Å². The van der Waals surface area contributed by atoms with Gasteiger partial charge in [0, 0.05) is 5.56 Å². The van der Waals surface area contributed by atoms with E-state index in [1.165, 1.54) is 5.56 Å². The summed E-state index contributed by atoms with van der Waals surface area (Å²) in [7, 11) is 0. The number of hydrogen-bond donors (Lipinski definition) is 1. The summed E-state index contributed by atoms with van der Waals surface area (Å²) in [6, 6.07) is 28.9. The molecule has 0 amide bonds. The van der Waals surface area contributed by atoms with Crippen LogP contribution in [0.5, 0.6) is 0 Å². The molecule has 4 rings (SSSR count). The smallest absolute Gasteiger partial charge is 0.117 e. The summed E-state index contributed by atoms with van der Waals surface area (Å²) in [5.74, 6) is 6.86. The Bertz CT molecular complexity index is 1040. The van der Waals surface area contributed by atoms with Crippen molar-refractivity contribution < 1.29 is 5.11 Å². The average Bonchev–Trinajstić information content (AvgIpc) is 2.85. The molecule has 3 aromatic rings. The van der Waals surface area contributed by atoms with Crippen LogP contribution in [0.2, 0.25) is 0 Å². The molecule has 1 fully saturated rings. The van der Waals surface area contributed by atoms with Gasteiger partial charge in [0.1, 0.15) is 5.60 Å². The van der Waals surface area contributed by atoms with Crippen molar-refractivity contribution in [3.8, 4) is 11.8 Å². The molecular formula is C31H35NO. The van der Waals surface area contributed by atoms with Crippen molar-refractivity contribution in [2.45, 2.75) is 44.6 Å². The van der Waals surface area contributed by atoms with Crippen LogP contribution in [0, 0.1) is 17.8 Å². The van der Waals surface area contributed by atoms with Crippen LogP contribution in [-0.4, -0.2) is 29.6 Å². The van der Waals surface area contributed by atoms with Gasteiger partial charge in [0.05, 0.1) is 6.54 Å². The molecule has 0 saturated carbocycles. The van der Waals surface area contributed by atoms with Gasteiger partial charge in [0.2, 0.25) is 0 Å². The van der Waals surface area contributed by atoms with E-state index in [4.69, 9.17) is 0 Å². The number of rotatable bonds is 4. The first-order chi connectivity index (χ1) is 15.9. The first-order valence-electron chi connectivity index (χ1n) is 12.0. The largest absolute Gasteiger partial charge is 0.380 e. The van der Waals surface area contributed by atoms with Crippen molar-refractivity contribution in [2.75, 3.05) is 19.6 Å². The molecule has 0 radical (unpaired) electrons. The average molecular weight is 438 g/mol. The van der Waals surface area contributed by atoms with E-state index >= 15 is 0 Å². The highest BCUT2D eigenvalue weighted by Gasteiger charge is 2.41. The van der Waals surface area contributed by atoms with Crippen LogP contribution in [-0.2, 0) is 11.0 Å².